The van der Waals surface area contributed by atoms with Gasteiger partial charge in [-0.2, -0.15) is 0 Å². The number of ether oxygens (including phenoxy) is 1. The Bertz CT molecular complexity index is 509. The molecular weight excluding hydrogens is 270 g/mol. The number of aliphatic hydroxyl groups excluding tert-OH is 1. The number of nitro groups is 1. The predicted molar refractivity (Wildman–Crippen MR) is 80.6 cm³/mol. The van der Waals surface area contributed by atoms with Crippen molar-refractivity contribution < 1.29 is 14.8 Å². The van der Waals surface area contributed by atoms with Crippen LogP contribution in [0, 0.1) is 29.9 Å². The van der Waals surface area contributed by atoms with Gasteiger partial charge in [-0.15, -0.1) is 0 Å². The van der Waals surface area contributed by atoms with Gasteiger partial charge >= 0.3 is 0 Å². The maximum absolute atomic E-state index is 11.0. The normalized spacial score (nSPS) is 16.9. The van der Waals surface area contributed by atoms with Crippen LogP contribution in [0.25, 0.3) is 0 Å². The first-order valence-electron chi connectivity index (χ1n) is 7.54. The summed E-state index contributed by atoms with van der Waals surface area (Å²) >= 11 is 0. The zero-order chi connectivity index (χ0) is 15.4. The van der Waals surface area contributed by atoms with Gasteiger partial charge in [0.25, 0.3) is 5.69 Å². The molecule has 116 valence electrons. The first kappa shape index (κ1) is 15.8. The van der Waals surface area contributed by atoms with Crippen LogP contribution < -0.4 is 4.74 Å². The van der Waals surface area contributed by atoms with Crippen molar-refractivity contribution in [2.75, 3.05) is 6.61 Å². The molecule has 5 heteroatoms. The summed E-state index contributed by atoms with van der Waals surface area (Å²) in [6.45, 7) is 3.76. The van der Waals surface area contributed by atoms with Gasteiger partial charge < -0.3 is 9.84 Å². The maximum atomic E-state index is 11.0. The minimum atomic E-state index is -0.507. The van der Waals surface area contributed by atoms with E-state index in [1.54, 1.807) is 13.0 Å². The average molecular weight is 293 g/mol. The van der Waals surface area contributed by atoms with Crippen molar-refractivity contribution in [3.63, 3.8) is 0 Å². The molecule has 1 aliphatic carbocycles. The third kappa shape index (κ3) is 4.17. The molecule has 0 aromatic heterocycles. The fraction of sp³-hybridized carbons (Fsp3) is 0.625. The minimum absolute atomic E-state index is 0.0564. The van der Waals surface area contributed by atoms with E-state index in [1.807, 2.05) is 6.92 Å². The third-order valence-electron chi connectivity index (χ3n) is 4.20. The van der Waals surface area contributed by atoms with E-state index >= 15 is 0 Å². The second-order valence-corrected chi connectivity index (χ2v) is 6.01. The molecule has 0 heterocycles. The molecule has 1 fully saturated rings. The lowest BCUT2D eigenvalue weighted by Crippen LogP contribution is -2.20. The maximum Gasteiger partial charge on any atom is 0.276 e. The lowest BCUT2D eigenvalue weighted by Gasteiger charge is -2.17. The highest BCUT2D eigenvalue weighted by Crippen LogP contribution is 2.30. The lowest BCUT2D eigenvalue weighted by atomic mass is 10.0. The quantitative estimate of drug-likeness (QED) is 0.643. The van der Waals surface area contributed by atoms with Crippen molar-refractivity contribution in [3.05, 3.63) is 33.4 Å². The van der Waals surface area contributed by atoms with E-state index in [-0.39, 0.29) is 12.3 Å². The van der Waals surface area contributed by atoms with Crippen LogP contribution in [0.1, 0.15) is 43.2 Å². The van der Waals surface area contributed by atoms with Crippen molar-refractivity contribution in [1.82, 2.24) is 0 Å². The Morgan fingerprint density at radius 3 is 2.62 bits per heavy atom. The summed E-state index contributed by atoms with van der Waals surface area (Å²) in [5.41, 5.74) is 1.53. The summed E-state index contributed by atoms with van der Waals surface area (Å²) in [6, 6.07) is 3.20. The van der Waals surface area contributed by atoms with Gasteiger partial charge in [-0.3, -0.25) is 10.1 Å². The van der Waals surface area contributed by atoms with E-state index in [2.05, 4.69) is 0 Å². The molecule has 0 bridgehead atoms. The molecule has 21 heavy (non-hydrogen) atoms. The Hall–Kier alpha value is -1.62. The van der Waals surface area contributed by atoms with Crippen LogP contribution in [0.5, 0.6) is 5.75 Å². The highest BCUT2D eigenvalue weighted by atomic mass is 16.6. The molecule has 0 spiro atoms. The Morgan fingerprint density at radius 1 is 1.33 bits per heavy atom. The highest BCUT2D eigenvalue weighted by Gasteiger charge is 2.20. The molecule has 1 atom stereocenters. The van der Waals surface area contributed by atoms with Crippen LogP contribution >= 0.6 is 0 Å². The number of hydrogen-bond acceptors (Lipinski definition) is 4. The molecule has 0 amide bonds. The largest absolute Gasteiger partial charge is 0.490 e. The molecule has 1 unspecified atom stereocenters. The Morgan fingerprint density at radius 2 is 2.00 bits per heavy atom. The van der Waals surface area contributed by atoms with Gasteiger partial charge in [0.2, 0.25) is 0 Å². The van der Waals surface area contributed by atoms with Crippen molar-refractivity contribution in [1.29, 1.82) is 0 Å². The Balaban J connectivity index is 1.95. The molecule has 1 aromatic rings. The Labute approximate surface area is 125 Å². The van der Waals surface area contributed by atoms with Crippen molar-refractivity contribution in [2.24, 2.45) is 5.92 Å². The molecule has 1 aromatic carbocycles. The fourth-order valence-corrected chi connectivity index (χ4v) is 3.06. The molecule has 2 rings (SSSR count). The van der Waals surface area contributed by atoms with Crippen LogP contribution in [0.4, 0.5) is 5.69 Å². The summed E-state index contributed by atoms with van der Waals surface area (Å²) in [5.74, 6) is 1.08. The second-order valence-electron chi connectivity index (χ2n) is 6.01. The van der Waals surface area contributed by atoms with Crippen LogP contribution in [0.3, 0.4) is 0 Å². The molecule has 0 radical (unpaired) electrons. The number of benzene rings is 1. The average Bonchev–Trinajstić information content (AvgIpc) is 2.90. The van der Waals surface area contributed by atoms with E-state index < -0.39 is 11.0 Å². The first-order valence-corrected chi connectivity index (χ1v) is 7.54. The minimum Gasteiger partial charge on any atom is -0.490 e. The highest BCUT2D eigenvalue weighted by molar-refractivity contribution is 5.49. The van der Waals surface area contributed by atoms with Gasteiger partial charge in [-0.1, -0.05) is 25.7 Å². The van der Waals surface area contributed by atoms with E-state index in [0.29, 0.717) is 17.2 Å². The van der Waals surface area contributed by atoms with Crippen LogP contribution in [-0.2, 0) is 0 Å². The summed E-state index contributed by atoms with van der Waals surface area (Å²) in [5, 5.41) is 21.0. The van der Waals surface area contributed by atoms with Crippen LogP contribution in [-0.4, -0.2) is 22.7 Å². The van der Waals surface area contributed by atoms with Gasteiger partial charge in [0, 0.05) is 5.56 Å². The fourth-order valence-electron chi connectivity index (χ4n) is 3.06. The van der Waals surface area contributed by atoms with E-state index in [1.165, 1.54) is 31.7 Å². The van der Waals surface area contributed by atoms with Crippen LogP contribution in [0.15, 0.2) is 12.1 Å². The zero-order valence-corrected chi connectivity index (χ0v) is 12.7. The summed E-state index contributed by atoms with van der Waals surface area (Å²) in [6.07, 6.45) is 5.13. The van der Waals surface area contributed by atoms with Gasteiger partial charge in [0.1, 0.15) is 12.4 Å². The monoisotopic (exact) mass is 293 g/mol. The summed E-state index contributed by atoms with van der Waals surface area (Å²) in [4.78, 5) is 10.5. The molecular formula is C16H23NO4. The van der Waals surface area contributed by atoms with Crippen molar-refractivity contribution in [3.8, 4) is 5.75 Å². The number of rotatable bonds is 6. The first-order chi connectivity index (χ1) is 9.97. The molecule has 0 aliphatic heterocycles. The number of nitro benzene ring substituents is 1. The van der Waals surface area contributed by atoms with Crippen LogP contribution in [0.2, 0.25) is 0 Å². The van der Waals surface area contributed by atoms with Gasteiger partial charge in [-0.25, -0.2) is 0 Å². The molecule has 5 nitrogen and oxygen atoms in total. The predicted octanol–water partition coefficient (Wildman–Crippen LogP) is 3.53. The smallest absolute Gasteiger partial charge is 0.276 e. The third-order valence-corrected chi connectivity index (χ3v) is 4.20. The van der Waals surface area contributed by atoms with Crippen molar-refractivity contribution in [2.45, 2.75) is 52.1 Å². The summed E-state index contributed by atoms with van der Waals surface area (Å²) < 4.78 is 5.60. The number of aliphatic hydroxyl groups is 1. The zero-order valence-electron chi connectivity index (χ0n) is 12.7. The summed E-state index contributed by atoms with van der Waals surface area (Å²) in [7, 11) is 0. The van der Waals surface area contributed by atoms with Gasteiger partial charge in [-0.05, 0) is 37.8 Å². The van der Waals surface area contributed by atoms with Crippen molar-refractivity contribution >= 4 is 5.69 Å². The van der Waals surface area contributed by atoms with E-state index in [4.69, 9.17) is 4.74 Å². The van der Waals surface area contributed by atoms with Gasteiger partial charge in [0.05, 0.1) is 17.1 Å². The molecule has 1 N–H and O–H groups in total. The Kier molecular flexibility index (Phi) is 5.17. The molecule has 0 saturated heterocycles. The van der Waals surface area contributed by atoms with Gasteiger partial charge in [0.15, 0.2) is 0 Å². The molecule has 1 aliphatic rings. The standard InChI is InChI=1S/C16H23NO4/c1-11-7-12(2)16(9-15(11)17(19)20)21-10-14(18)8-13-5-3-4-6-13/h7,9,13-14,18H,3-6,8,10H2,1-2H3. The lowest BCUT2D eigenvalue weighted by molar-refractivity contribution is -0.385. The topological polar surface area (TPSA) is 72.6 Å². The van der Waals surface area contributed by atoms with E-state index in [0.717, 1.165) is 12.0 Å². The molecule has 1 saturated carbocycles. The number of hydrogen-bond donors (Lipinski definition) is 1. The number of nitrogens with zero attached hydrogens (tertiary/aromatic N) is 1. The van der Waals surface area contributed by atoms with E-state index in [9.17, 15) is 15.2 Å². The second kappa shape index (κ2) is 6.89. The SMILES string of the molecule is Cc1cc(C)c([N+](=O)[O-])cc1OCC(O)CC1CCCC1. The number of aryl methyl sites for hydroxylation is 2.